The third kappa shape index (κ3) is 5.73. The summed E-state index contributed by atoms with van der Waals surface area (Å²) in [6, 6.07) is 15.3. The van der Waals surface area contributed by atoms with E-state index in [9.17, 15) is 9.59 Å². The molecule has 1 fully saturated rings. The zero-order chi connectivity index (χ0) is 20.6. The number of hydrogen-bond donors (Lipinski definition) is 1. The number of rotatable bonds is 6. The molecule has 2 aromatic carbocycles. The van der Waals surface area contributed by atoms with Gasteiger partial charge in [0, 0.05) is 43.6 Å². The van der Waals surface area contributed by atoms with Gasteiger partial charge >= 0.3 is 6.09 Å². The van der Waals surface area contributed by atoms with E-state index < -0.39 is 6.09 Å². The van der Waals surface area contributed by atoms with Gasteiger partial charge in [0.1, 0.15) is 0 Å². The Balaban J connectivity index is 1.60. The molecule has 0 radical (unpaired) electrons. The van der Waals surface area contributed by atoms with E-state index in [0.717, 1.165) is 18.7 Å². The van der Waals surface area contributed by atoms with Crippen LogP contribution in [0.5, 0.6) is 0 Å². The van der Waals surface area contributed by atoms with Gasteiger partial charge in [-0.25, -0.2) is 4.79 Å². The summed E-state index contributed by atoms with van der Waals surface area (Å²) in [5.74, 6) is -0.0994. The molecule has 2 aromatic rings. The Morgan fingerprint density at radius 2 is 1.79 bits per heavy atom. The maximum atomic E-state index is 12.8. The van der Waals surface area contributed by atoms with Crippen molar-refractivity contribution in [1.29, 1.82) is 0 Å². The average molecular weight is 396 g/mol. The van der Waals surface area contributed by atoms with E-state index in [0.29, 0.717) is 24.4 Å². The molecule has 0 bridgehead atoms. The molecule has 2 amide bonds. The maximum absolute atomic E-state index is 12.8. The molecule has 0 saturated carbocycles. The fourth-order valence-electron chi connectivity index (χ4n) is 3.55. The molecule has 6 heteroatoms. The van der Waals surface area contributed by atoms with Gasteiger partial charge in [-0.2, -0.15) is 0 Å². The molecule has 0 aliphatic carbocycles. The van der Waals surface area contributed by atoms with E-state index >= 15 is 0 Å². The minimum Gasteiger partial charge on any atom is -0.450 e. The molecule has 1 aliphatic heterocycles. The van der Waals surface area contributed by atoms with Crippen molar-refractivity contribution in [3.8, 4) is 0 Å². The highest BCUT2D eigenvalue weighted by atomic mass is 16.5. The highest BCUT2D eigenvalue weighted by molar-refractivity contribution is 5.96. The molecule has 1 aliphatic rings. The van der Waals surface area contributed by atoms with Crippen molar-refractivity contribution in [2.24, 2.45) is 0 Å². The Morgan fingerprint density at radius 1 is 1.07 bits per heavy atom. The van der Waals surface area contributed by atoms with Crippen LogP contribution in [0.4, 0.5) is 16.2 Å². The summed E-state index contributed by atoms with van der Waals surface area (Å²) in [6.07, 6.45) is 3.30. The first-order valence-corrected chi connectivity index (χ1v) is 10.2. The zero-order valence-electron chi connectivity index (χ0n) is 17.2. The Morgan fingerprint density at radius 3 is 2.48 bits per heavy atom. The molecule has 1 heterocycles. The lowest BCUT2D eigenvalue weighted by Gasteiger charge is -2.29. The van der Waals surface area contributed by atoms with Gasteiger partial charge in [-0.05, 0) is 62.1 Å². The van der Waals surface area contributed by atoms with E-state index in [-0.39, 0.29) is 5.91 Å². The van der Waals surface area contributed by atoms with E-state index in [4.69, 9.17) is 4.74 Å². The van der Waals surface area contributed by atoms with Crippen LogP contribution < -0.4 is 10.2 Å². The number of anilines is 2. The van der Waals surface area contributed by atoms with Crippen molar-refractivity contribution < 1.29 is 14.3 Å². The molecule has 0 atom stereocenters. The maximum Gasteiger partial charge on any atom is 0.411 e. The van der Waals surface area contributed by atoms with Crippen molar-refractivity contribution in [2.75, 3.05) is 37.0 Å². The summed E-state index contributed by atoms with van der Waals surface area (Å²) in [4.78, 5) is 28.5. The summed E-state index contributed by atoms with van der Waals surface area (Å²) in [6.45, 7) is 4.80. The van der Waals surface area contributed by atoms with Crippen LogP contribution in [0.25, 0.3) is 0 Å². The van der Waals surface area contributed by atoms with Gasteiger partial charge in [-0.1, -0.05) is 18.2 Å². The van der Waals surface area contributed by atoms with Gasteiger partial charge in [0.25, 0.3) is 5.91 Å². The first kappa shape index (κ1) is 20.7. The minimum atomic E-state index is -0.528. The zero-order valence-corrected chi connectivity index (χ0v) is 17.2. The lowest BCUT2D eigenvalue weighted by atomic mass is 10.1. The van der Waals surface area contributed by atoms with Crippen LogP contribution in [0.1, 0.15) is 42.1 Å². The van der Waals surface area contributed by atoms with Gasteiger partial charge in [0.05, 0.1) is 6.61 Å². The summed E-state index contributed by atoms with van der Waals surface area (Å²) in [5, 5.41) is 2.63. The van der Waals surface area contributed by atoms with Crippen LogP contribution in [0.3, 0.4) is 0 Å². The monoisotopic (exact) mass is 395 g/mol. The third-order valence-electron chi connectivity index (χ3n) is 5.06. The number of carbonyl (C=O) groups excluding carboxylic acids is 2. The Labute approximate surface area is 172 Å². The van der Waals surface area contributed by atoms with Crippen molar-refractivity contribution in [1.82, 2.24) is 4.90 Å². The second-order valence-corrected chi connectivity index (χ2v) is 7.30. The predicted octanol–water partition coefficient (Wildman–Crippen LogP) is 4.52. The van der Waals surface area contributed by atoms with Crippen molar-refractivity contribution in [2.45, 2.75) is 32.7 Å². The number of amides is 2. The van der Waals surface area contributed by atoms with Crippen LogP contribution in [-0.4, -0.2) is 43.6 Å². The quantitative estimate of drug-likeness (QED) is 0.781. The van der Waals surface area contributed by atoms with Crippen molar-refractivity contribution in [3.05, 3.63) is 59.7 Å². The summed E-state index contributed by atoms with van der Waals surface area (Å²) in [7, 11) is 1.78. The molecule has 0 unspecified atom stereocenters. The number of ether oxygens (including phenoxy) is 1. The van der Waals surface area contributed by atoms with Gasteiger partial charge in [-0.3, -0.25) is 10.1 Å². The molecule has 154 valence electrons. The average Bonchev–Trinajstić information content (AvgIpc) is 2.74. The van der Waals surface area contributed by atoms with E-state index in [1.807, 2.05) is 0 Å². The van der Waals surface area contributed by atoms with E-state index in [1.165, 1.54) is 24.9 Å². The molecule has 29 heavy (non-hydrogen) atoms. The highest BCUT2D eigenvalue weighted by Gasteiger charge is 2.14. The second-order valence-electron chi connectivity index (χ2n) is 7.30. The Bertz CT molecular complexity index is 830. The van der Waals surface area contributed by atoms with Crippen LogP contribution in [-0.2, 0) is 11.3 Å². The van der Waals surface area contributed by atoms with Gasteiger partial charge in [0.2, 0.25) is 0 Å². The van der Waals surface area contributed by atoms with Crippen molar-refractivity contribution in [3.63, 3.8) is 0 Å². The smallest absolute Gasteiger partial charge is 0.411 e. The Hall–Kier alpha value is -3.02. The normalized spacial score (nSPS) is 13.7. The molecule has 1 N–H and O–H groups in total. The number of carbonyl (C=O) groups is 2. The fraction of sp³-hybridized carbons (Fsp3) is 0.391. The molecule has 6 nitrogen and oxygen atoms in total. The standard InChI is InChI=1S/C23H29N3O3/c1-3-29-23(28)24-20-9-7-8-19(16-20)22(27)25(2)17-18-10-12-21(13-11-18)26-14-5-4-6-15-26/h7-13,16H,3-6,14-15,17H2,1-2H3,(H,24,28). The lowest BCUT2D eigenvalue weighted by molar-refractivity contribution is 0.0785. The lowest BCUT2D eigenvalue weighted by Crippen LogP contribution is -2.29. The van der Waals surface area contributed by atoms with Gasteiger partial charge < -0.3 is 14.5 Å². The summed E-state index contributed by atoms with van der Waals surface area (Å²) >= 11 is 0. The number of hydrogen-bond acceptors (Lipinski definition) is 4. The molecule has 3 rings (SSSR count). The predicted molar refractivity (Wildman–Crippen MR) is 115 cm³/mol. The van der Waals surface area contributed by atoms with E-state index in [2.05, 4.69) is 34.5 Å². The van der Waals surface area contributed by atoms with Crippen LogP contribution in [0, 0.1) is 0 Å². The second kappa shape index (κ2) is 9.96. The minimum absolute atomic E-state index is 0.0994. The van der Waals surface area contributed by atoms with Crippen molar-refractivity contribution >= 4 is 23.4 Å². The fourth-order valence-corrected chi connectivity index (χ4v) is 3.55. The van der Waals surface area contributed by atoms with Crippen LogP contribution in [0.2, 0.25) is 0 Å². The summed E-state index contributed by atoms with van der Waals surface area (Å²) in [5.41, 5.74) is 3.39. The molecular weight excluding hydrogens is 366 g/mol. The van der Waals surface area contributed by atoms with Crippen LogP contribution >= 0.6 is 0 Å². The molecule has 0 aromatic heterocycles. The SMILES string of the molecule is CCOC(=O)Nc1cccc(C(=O)N(C)Cc2ccc(N3CCCCC3)cc2)c1. The first-order chi connectivity index (χ1) is 14.1. The van der Waals surface area contributed by atoms with E-state index in [1.54, 1.807) is 43.1 Å². The number of piperidine rings is 1. The number of nitrogens with one attached hydrogen (secondary N) is 1. The highest BCUT2D eigenvalue weighted by Crippen LogP contribution is 2.21. The number of benzene rings is 2. The molecule has 0 spiro atoms. The Kier molecular flexibility index (Phi) is 7.11. The summed E-state index contributed by atoms with van der Waals surface area (Å²) < 4.78 is 4.88. The third-order valence-corrected chi connectivity index (χ3v) is 5.06. The van der Waals surface area contributed by atoms with Crippen LogP contribution in [0.15, 0.2) is 48.5 Å². The van der Waals surface area contributed by atoms with Gasteiger partial charge in [0.15, 0.2) is 0 Å². The molecular formula is C23H29N3O3. The first-order valence-electron chi connectivity index (χ1n) is 10.2. The largest absolute Gasteiger partial charge is 0.450 e. The molecule has 1 saturated heterocycles. The topological polar surface area (TPSA) is 61.9 Å². The number of nitrogens with zero attached hydrogens (tertiary/aromatic N) is 2. The van der Waals surface area contributed by atoms with Gasteiger partial charge in [-0.15, -0.1) is 0 Å².